The monoisotopic (exact) mass is 239 g/mol. The van der Waals surface area contributed by atoms with Crippen molar-refractivity contribution in [1.82, 2.24) is 4.31 Å². The van der Waals surface area contributed by atoms with Crippen molar-refractivity contribution in [1.29, 1.82) is 0 Å². The minimum absolute atomic E-state index is 0.0288. The summed E-state index contributed by atoms with van der Waals surface area (Å²) in [4.78, 5) is 0. The van der Waals surface area contributed by atoms with Gasteiger partial charge in [0.05, 0.1) is 5.75 Å². The van der Waals surface area contributed by atoms with Crippen LogP contribution in [0.5, 0.6) is 0 Å². The summed E-state index contributed by atoms with van der Waals surface area (Å²) in [6, 6.07) is 8.14. The molecule has 0 aliphatic heterocycles. The standard InChI is InChI=1S/C12H17NO2S/c1-3-16(14,15)13(2)12-9-8-10-6-4-5-7-11(10)12/h4-7,12H,3,8-9H2,1-2H3. The first kappa shape index (κ1) is 11.6. The van der Waals surface area contributed by atoms with Gasteiger partial charge in [-0.05, 0) is 30.9 Å². The molecule has 88 valence electrons. The number of fused-ring (bicyclic) bond motifs is 1. The van der Waals surface area contributed by atoms with Crippen molar-refractivity contribution in [3.63, 3.8) is 0 Å². The summed E-state index contributed by atoms with van der Waals surface area (Å²) in [5, 5.41) is 0. The van der Waals surface area contributed by atoms with Gasteiger partial charge < -0.3 is 0 Å². The predicted octanol–water partition coefficient (Wildman–Crippen LogP) is 1.96. The third-order valence-electron chi connectivity index (χ3n) is 3.34. The van der Waals surface area contributed by atoms with E-state index in [1.807, 2.05) is 18.2 Å². The van der Waals surface area contributed by atoms with E-state index in [1.54, 1.807) is 14.0 Å². The lowest BCUT2D eigenvalue weighted by molar-refractivity contribution is 0.375. The van der Waals surface area contributed by atoms with Crippen LogP contribution in [0.25, 0.3) is 0 Å². The zero-order valence-electron chi connectivity index (χ0n) is 9.68. The summed E-state index contributed by atoms with van der Waals surface area (Å²) in [5.41, 5.74) is 2.45. The van der Waals surface area contributed by atoms with Gasteiger partial charge in [0.1, 0.15) is 0 Å². The first-order valence-corrected chi connectivity index (χ1v) is 7.20. The maximum atomic E-state index is 11.8. The van der Waals surface area contributed by atoms with E-state index in [2.05, 4.69) is 6.07 Å². The highest BCUT2D eigenvalue weighted by Gasteiger charge is 2.31. The van der Waals surface area contributed by atoms with E-state index in [1.165, 1.54) is 15.4 Å². The summed E-state index contributed by atoms with van der Waals surface area (Å²) in [6.45, 7) is 1.69. The molecule has 0 radical (unpaired) electrons. The summed E-state index contributed by atoms with van der Waals surface area (Å²) < 4.78 is 25.2. The lowest BCUT2D eigenvalue weighted by Gasteiger charge is -2.24. The summed E-state index contributed by atoms with van der Waals surface area (Å²) in [7, 11) is -1.40. The van der Waals surface area contributed by atoms with Crippen molar-refractivity contribution in [2.45, 2.75) is 25.8 Å². The molecular formula is C12H17NO2S. The predicted molar refractivity (Wildman–Crippen MR) is 64.7 cm³/mol. The topological polar surface area (TPSA) is 37.4 Å². The minimum atomic E-state index is -3.09. The van der Waals surface area contributed by atoms with Crippen molar-refractivity contribution in [2.24, 2.45) is 0 Å². The Morgan fingerprint density at radius 2 is 2.06 bits per heavy atom. The maximum absolute atomic E-state index is 11.8. The van der Waals surface area contributed by atoms with Crippen LogP contribution in [0.15, 0.2) is 24.3 Å². The second-order valence-electron chi connectivity index (χ2n) is 4.17. The summed E-state index contributed by atoms with van der Waals surface area (Å²) in [6.07, 6.45) is 1.87. The van der Waals surface area contributed by atoms with Crippen LogP contribution in [0.2, 0.25) is 0 Å². The first-order chi connectivity index (χ1) is 7.56. The van der Waals surface area contributed by atoms with Crippen molar-refractivity contribution >= 4 is 10.0 Å². The van der Waals surface area contributed by atoms with E-state index in [4.69, 9.17) is 0 Å². The lowest BCUT2D eigenvalue weighted by atomic mass is 10.1. The number of hydrogen-bond acceptors (Lipinski definition) is 2. The van der Waals surface area contributed by atoms with Gasteiger partial charge in [-0.1, -0.05) is 24.3 Å². The number of benzene rings is 1. The van der Waals surface area contributed by atoms with Crippen LogP contribution in [0.1, 0.15) is 30.5 Å². The average Bonchev–Trinajstić information content (AvgIpc) is 2.71. The van der Waals surface area contributed by atoms with Gasteiger partial charge in [-0.2, -0.15) is 4.31 Å². The van der Waals surface area contributed by atoms with E-state index in [0.717, 1.165) is 12.8 Å². The van der Waals surface area contributed by atoms with Gasteiger partial charge in [0, 0.05) is 13.1 Å². The molecule has 0 amide bonds. The minimum Gasteiger partial charge on any atom is -0.212 e. The Kier molecular flexibility index (Phi) is 3.04. The fraction of sp³-hybridized carbons (Fsp3) is 0.500. The number of nitrogens with zero attached hydrogens (tertiary/aromatic N) is 1. The van der Waals surface area contributed by atoms with Gasteiger partial charge >= 0.3 is 0 Å². The van der Waals surface area contributed by atoms with Gasteiger partial charge in [0.25, 0.3) is 0 Å². The Balaban J connectivity index is 2.33. The van der Waals surface area contributed by atoms with E-state index < -0.39 is 10.0 Å². The van der Waals surface area contributed by atoms with E-state index in [9.17, 15) is 8.42 Å². The molecule has 1 atom stereocenters. The Morgan fingerprint density at radius 1 is 1.38 bits per heavy atom. The van der Waals surface area contributed by atoms with Crippen LogP contribution in [0.4, 0.5) is 0 Å². The molecule has 2 rings (SSSR count). The molecule has 0 aromatic heterocycles. The van der Waals surface area contributed by atoms with Crippen molar-refractivity contribution in [2.75, 3.05) is 12.8 Å². The molecule has 0 bridgehead atoms. The molecule has 0 N–H and O–H groups in total. The highest BCUT2D eigenvalue weighted by molar-refractivity contribution is 7.89. The van der Waals surface area contributed by atoms with E-state index >= 15 is 0 Å². The normalized spacial score (nSPS) is 20.1. The molecular weight excluding hydrogens is 222 g/mol. The van der Waals surface area contributed by atoms with Crippen LogP contribution >= 0.6 is 0 Å². The Morgan fingerprint density at radius 3 is 2.75 bits per heavy atom. The molecule has 16 heavy (non-hydrogen) atoms. The zero-order valence-corrected chi connectivity index (χ0v) is 10.5. The van der Waals surface area contributed by atoms with Gasteiger partial charge in [-0.3, -0.25) is 0 Å². The third kappa shape index (κ3) is 1.87. The van der Waals surface area contributed by atoms with Gasteiger partial charge in [-0.15, -0.1) is 0 Å². The second-order valence-corrected chi connectivity index (χ2v) is 6.49. The number of rotatable bonds is 3. The zero-order chi connectivity index (χ0) is 11.8. The van der Waals surface area contributed by atoms with Gasteiger partial charge in [-0.25, -0.2) is 8.42 Å². The maximum Gasteiger partial charge on any atom is 0.214 e. The van der Waals surface area contributed by atoms with Crippen LogP contribution in [-0.2, 0) is 16.4 Å². The lowest BCUT2D eigenvalue weighted by Crippen LogP contribution is -2.31. The van der Waals surface area contributed by atoms with Crippen LogP contribution in [-0.4, -0.2) is 25.5 Å². The molecule has 0 heterocycles. The molecule has 1 aromatic carbocycles. The van der Waals surface area contributed by atoms with Crippen molar-refractivity contribution in [3.8, 4) is 0 Å². The highest BCUT2D eigenvalue weighted by atomic mass is 32.2. The van der Waals surface area contributed by atoms with Gasteiger partial charge in [0.2, 0.25) is 10.0 Å². The first-order valence-electron chi connectivity index (χ1n) is 5.59. The largest absolute Gasteiger partial charge is 0.214 e. The Labute approximate surface area is 97.1 Å². The molecule has 1 aliphatic carbocycles. The molecule has 0 fully saturated rings. The molecule has 4 heteroatoms. The molecule has 0 spiro atoms. The number of hydrogen-bond donors (Lipinski definition) is 0. The fourth-order valence-electron chi connectivity index (χ4n) is 2.31. The van der Waals surface area contributed by atoms with Crippen LogP contribution < -0.4 is 0 Å². The Bertz CT molecular complexity index is 482. The average molecular weight is 239 g/mol. The summed E-state index contributed by atoms with van der Waals surface area (Å²) >= 11 is 0. The molecule has 3 nitrogen and oxygen atoms in total. The van der Waals surface area contributed by atoms with Gasteiger partial charge in [0.15, 0.2) is 0 Å². The molecule has 1 aromatic rings. The number of aryl methyl sites for hydroxylation is 1. The second kappa shape index (κ2) is 4.18. The molecule has 0 saturated heterocycles. The highest BCUT2D eigenvalue weighted by Crippen LogP contribution is 2.35. The fourth-order valence-corrected chi connectivity index (χ4v) is 3.32. The quantitative estimate of drug-likeness (QED) is 0.808. The SMILES string of the molecule is CCS(=O)(=O)N(C)C1CCc2ccccc21. The molecule has 1 unspecified atom stereocenters. The number of sulfonamides is 1. The molecule has 0 saturated carbocycles. The van der Waals surface area contributed by atoms with Crippen LogP contribution in [0, 0.1) is 0 Å². The van der Waals surface area contributed by atoms with Crippen molar-refractivity contribution < 1.29 is 8.42 Å². The van der Waals surface area contributed by atoms with E-state index in [-0.39, 0.29) is 11.8 Å². The molecule has 1 aliphatic rings. The smallest absolute Gasteiger partial charge is 0.212 e. The summed E-state index contributed by atoms with van der Waals surface area (Å²) in [5.74, 6) is 0.169. The third-order valence-corrected chi connectivity index (χ3v) is 5.21. The van der Waals surface area contributed by atoms with Crippen molar-refractivity contribution in [3.05, 3.63) is 35.4 Å². The Hall–Kier alpha value is -0.870. The van der Waals surface area contributed by atoms with Crippen LogP contribution in [0.3, 0.4) is 0 Å². The van der Waals surface area contributed by atoms with E-state index in [0.29, 0.717) is 0 Å².